The Labute approximate surface area is 99.5 Å². The number of aryl methyl sites for hydroxylation is 3. The SMILES string of the molecule is Cc1cc(C)c(C2C=NN(Cl)S2)c(C)c1. The molecular weight excluding hydrogens is 228 g/mol. The van der Waals surface area contributed by atoms with Gasteiger partial charge in [-0.2, -0.15) is 5.10 Å². The van der Waals surface area contributed by atoms with E-state index in [1.54, 1.807) is 0 Å². The number of hydrogen-bond donors (Lipinski definition) is 0. The molecule has 2 rings (SSSR count). The second kappa shape index (κ2) is 4.06. The molecule has 0 amide bonds. The summed E-state index contributed by atoms with van der Waals surface area (Å²) in [5, 5.41) is 4.29. The minimum Gasteiger partial charge on any atom is -0.161 e. The molecule has 15 heavy (non-hydrogen) atoms. The number of halogens is 1. The summed E-state index contributed by atoms with van der Waals surface area (Å²) in [6.07, 6.45) is 1.89. The highest BCUT2D eigenvalue weighted by Gasteiger charge is 2.22. The zero-order chi connectivity index (χ0) is 11.0. The van der Waals surface area contributed by atoms with Gasteiger partial charge in [0.25, 0.3) is 0 Å². The summed E-state index contributed by atoms with van der Waals surface area (Å²) in [5.74, 6) is 0. The van der Waals surface area contributed by atoms with Crippen molar-refractivity contribution < 1.29 is 0 Å². The van der Waals surface area contributed by atoms with Gasteiger partial charge in [0.1, 0.15) is 0 Å². The standard InChI is InChI=1S/C11H13ClN2S/c1-7-4-8(2)11(9(3)5-7)10-6-13-14(12)15-10/h4-6,10H,1-3H3. The maximum Gasteiger partial charge on any atom is 0.0903 e. The van der Waals surface area contributed by atoms with E-state index in [0.29, 0.717) is 0 Å². The number of benzene rings is 1. The fraction of sp³-hybridized carbons (Fsp3) is 0.364. The molecule has 0 radical (unpaired) electrons. The molecule has 1 aromatic rings. The maximum atomic E-state index is 5.79. The molecule has 0 bridgehead atoms. The van der Waals surface area contributed by atoms with Gasteiger partial charge in [-0.1, -0.05) is 17.7 Å². The molecule has 0 N–H and O–H groups in total. The van der Waals surface area contributed by atoms with Crippen molar-refractivity contribution >= 4 is 29.9 Å². The molecule has 1 atom stereocenters. The minimum absolute atomic E-state index is 0.253. The molecular formula is C11H13ClN2S. The molecule has 0 spiro atoms. The number of hydrazone groups is 1. The molecule has 1 aliphatic heterocycles. The largest absolute Gasteiger partial charge is 0.161 e. The molecule has 0 saturated heterocycles. The van der Waals surface area contributed by atoms with Gasteiger partial charge in [0.05, 0.1) is 5.25 Å². The molecule has 0 aromatic heterocycles. The third-order valence-corrected chi connectivity index (χ3v) is 3.70. The predicted molar refractivity (Wildman–Crippen MR) is 67.2 cm³/mol. The highest BCUT2D eigenvalue weighted by atomic mass is 35.5. The summed E-state index contributed by atoms with van der Waals surface area (Å²) in [5.41, 5.74) is 5.25. The molecule has 1 aliphatic rings. The van der Waals surface area contributed by atoms with Crippen molar-refractivity contribution in [2.45, 2.75) is 26.0 Å². The van der Waals surface area contributed by atoms with Gasteiger partial charge in [-0.25, -0.2) is 0 Å². The lowest BCUT2D eigenvalue weighted by Gasteiger charge is -2.14. The van der Waals surface area contributed by atoms with E-state index in [0.717, 1.165) is 0 Å². The first kappa shape index (κ1) is 10.8. The van der Waals surface area contributed by atoms with E-state index in [9.17, 15) is 0 Å². The van der Waals surface area contributed by atoms with Crippen molar-refractivity contribution in [1.82, 2.24) is 3.93 Å². The van der Waals surface area contributed by atoms with Crippen LogP contribution in [0.5, 0.6) is 0 Å². The van der Waals surface area contributed by atoms with Gasteiger partial charge in [-0.15, -0.1) is 3.93 Å². The van der Waals surface area contributed by atoms with Gasteiger partial charge in [-0.3, -0.25) is 0 Å². The summed E-state index contributed by atoms with van der Waals surface area (Å²) >= 11 is 7.32. The molecule has 1 heterocycles. The average Bonchev–Trinajstić information content (AvgIpc) is 2.49. The highest BCUT2D eigenvalue weighted by molar-refractivity contribution is 7.98. The van der Waals surface area contributed by atoms with Crippen LogP contribution in [0.25, 0.3) is 0 Å². The summed E-state index contributed by atoms with van der Waals surface area (Å²) in [7, 11) is 0. The van der Waals surface area contributed by atoms with Crippen LogP contribution >= 0.6 is 23.7 Å². The van der Waals surface area contributed by atoms with Gasteiger partial charge in [0.2, 0.25) is 0 Å². The van der Waals surface area contributed by atoms with E-state index in [1.165, 1.54) is 38.1 Å². The van der Waals surface area contributed by atoms with E-state index in [4.69, 9.17) is 11.8 Å². The Bertz CT molecular complexity index is 394. The Morgan fingerprint density at radius 2 is 1.87 bits per heavy atom. The molecule has 2 nitrogen and oxygen atoms in total. The normalized spacial score (nSPS) is 20.0. The maximum absolute atomic E-state index is 5.79. The van der Waals surface area contributed by atoms with E-state index in [2.05, 4.69) is 38.0 Å². The van der Waals surface area contributed by atoms with Crippen LogP contribution in [0.1, 0.15) is 27.5 Å². The highest BCUT2D eigenvalue weighted by Crippen LogP contribution is 2.39. The van der Waals surface area contributed by atoms with Crippen molar-refractivity contribution in [1.29, 1.82) is 0 Å². The first-order valence-corrected chi connectivity index (χ1v) is 6.00. The lowest BCUT2D eigenvalue weighted by atomic mass is 9.97. The van der Waals surface area contributed by atoms with Crippen molar-refractivity contribution in [3.8, 4) is 0 Å². The average molecular weight is 241 g/mol. The van der Waals surface area contributed by atoms with Crippen LogP contribution in [0.3, 0.4) is 0 Å². The third kappa shape index (κ3) is 2.13. The smallest absolute Gasteiger partial charge is 0.0903 e. The first-order chi connectivity index (χ1) is 7.08. The number of hydrogen-bond acceptors (Lipinski definition) is 3. The summed E-state index contributed by atoms with van der Waals surface area (Å²) in [6.45, 7) is 6.40. The van der Waals surface area contributed by atoms with Gasteiger partial charge in [-0.05, 0) is 37.5 Å². The Kier molecular flexibility index (Phi) is 2.94. The van der Waals surface area contributed by atoms with Crippen molar-refractivity contribution in [3.05, 3.63) is 34.4 Å². The third-order valence-electron chi connectivity index (χ3n) is 2.52. The fourth-order valence-corrected chi connectivity index (χ4v) is 3.22. The fourth-order valence-electron chi connectivity index (χ4n) is 2.03. The van der Waals surface area contributed by atoms with Gasteiger partial charge in [0, 0.05) is 29.9 Å². The van der Waals surface area contributed by atoms with Crippen LogP contribution < -0.4 is 0 Å². The Balaban J connectivity index is 2.40. The molecule has 1 aromatic carbocycles. The number of nitrogens with zero attached hydrogens (tertiary/aromatic N) is 2. The molecule has 4 heteroatoms. The molecule has 0 aliphatic carbocycles. The lowest BCUT2D eigenvalue weighted by molar-refractivity contribution is 0.820. The summed E-state index contributed by atoms with van der Waals surface area (Å²) in [4.78, 5) is 0. The molecule has 1 unspecified atom stereocenters. The second-order valence-electron chi connectivity index (χ2n) is 3.83. The summed E-state index contributed by atoms with van der Waals surface area (Å²) < 4.78 is 1.39. The molecule has 80 valence electrons. The van der Waals surface area contributed by atoms with Crippen molar-refractivity contribution in [2.75, 3.05) is 0 Å². The van der Waals surface area contributed by atoms with E-state index in [-0.39, 0.29) is 5.25 Å². The van der Waals surface area contributed by atoms with Crippen LogP contribution in [0.4, 0.5) is 0 Å². The van der Waals surface area contributed by atoms with Gasteiger partial charge in [0.15, 0.2) is 0 Å². The van der Waals surface area contributed by atoms with Gasteiger partial charge < -0.3 is 0 Å². The monoisotopic (exact) mass is 240 g/mol. The van der Waals surface area contributed by atoms with E-state index >= 15 is 0 Å². The van der Waals surface area contributed by atoms with Crippen molar-refractivity contribution in [3.63, 3.8) is 0 Å². The molecule has 0 saturated carbocycles. The molecule has 0 fully saturated rings. The van der Waals surface area contributed by atoms with Crippen LogP contribution in [-0.4, -0.2) is 10.1 Å². The van der Waals surface area contributed by atoms with E-state index in [1.807, 2.05) is 6.21 Å². The predicted octanol–water partition coefficient (Wildman–Crippen LogP) is 3.76. The first-order valence-electron chi connectivity index (χ1n) is 4.82. The lowest BCUT2D eigenvalue weighted by Crippen LogP contribution is -2.00. The quantitative estimate of drug-likeness (QED) is 0.549. The Morgan fingerprint density at radius 1 is 1.27 bits per heavy atom. The van der Waals surface area contributed by atoms with E-state index < -0.39 is 0 Å². The Hall–Kier alpha value is -0.670. The van der Waals surface area contributed by atoms with Gasteiger partial charge >= 0.3 is 0 Å². The summed E-state index contributed by atoms with van der Waals surface area (Å²) in [6, 6.07) is 4.40. The van der Waals surface area contributed by atoms with Crippen LogP contribution in [0, 0.1) is 20.8 Å². The van der Waals surface area contributed by atoms with Crippen molar-refractivity contribution in [2.24, 2.45) is 5.10 Å². The van der Waals surface area contributed by atoms with Crippen LogP contribution in [0.2, 0.25) is 0 Å². The second-order valence-corrected chi connectivity index (χ2v) is 5.41. The minimum atomic E-state index is 0.253. The zero-order valence-electron chi connectivity index (χ0n) is 8.99. The Morgan fingerprint density at radius 3 is 2.33 bits per heavy atom. The topological polar surface area (TPSA) is 15.6 Å². The number of rotatable bonds is 1. The zero-order valence-corrected chi connectivity index (χ0v) is 10.6. The van der Waals surface area contributed by atoms with Crippen LogP contribution in [0.15, 0.2) is 17.2 Å². The van der Waals surface area contributed by atoms with Crippen LogP contribution in [-0.2, 0) is 0 Å².